The molecule has 0 heterocycles. The van der Waals surface area contributed by atoms with Crippen LogP contribution in [0, 0.1) is 23.7 Å². The lowest BCUT2D eigenvalue weighted by atomic mass is 9.83. The van der Waals surface area contributed by atoms with Crippen molar-refractivity contribution in [1.82, 2.24) is 0 Å². The summed E-state index contributed by atoms with van der Waals surface area (Å²) in [6, 6.07) is 0. The molecule has 98 valence electrons. The maximum Gasteiger partial charge on any atom is 0.0461 e. The average molecular weight is 228 g/mol. The van der Waals surface area contributed by atoms with E-state index in [0.29, 0.717) is 18.4 Å². The molecular weight excluding hydrogens is 196 g/mol. The van der Waals surface area contributed by atoms with Gasteiger partial charge in [-0.05, 0) is 36.5 Å². The van der Waals surface area contributed by atoms with Gasteiger partial charge in [0.15, 0.2) is 0 Å². The number of aliphatic hydroxyl groups excluding tert-OH is 1. The molecule has 0 saturated heterocycles. The summed E-state index contributed by atoms with van der Waals surface area (Å²) in [6.07, 6.45) is 6.33. The molecule has 0 saturated carbocycles. The van der Waals surface area contributed by atoms with Gasteiger partial charge in [0.05, 0.1) is 0 Å². The zero-order valence-corrected chi connectivity index (χ0v) is 12.0. The van der Waals surface area contributed by atoms with Gasteiger partial charge in [0.2, 0.25) is 0 Å². The standard InChI is InChI=1S/C15H32O/c1-6-13(4)8-7-9-15(11-16)14(5)10-12(2)3/h12-16H,6-11H2,1-5H3. The summed E-state index contributed by atoms with van der Waals surface area (Å²) >= 11 is 0. The van der Waals surface area contributed by atoms with Crippen molar-refractivity contribution in [3.05, 3.63) is 0 Å². The lowest BCUT2D eigenvalue weighted by Crippen LogP contribution is -2.18. The van der Waals surface area contributed by atoms with Crippen LogP contribution in [0.3, 0.4) is 0 Å². The topological polar surface area (TPSA) is 20.2 Å². The summed E-state index contributed by atoms with van der Waals surface area (Å²) in [6.45, 7) is 11.8. The first kappa shape index (κ1) is 16.0. The van der Waals surface area contributed by atoms with E-state index in [4.69, 9.17) is 0 Å². The molecule has 0 aliphatic rings. The van der Waals surface area contributed by atoms with Crippen molar-refractivity contribution < 1.29 is 5.11 Å². The molecule has 0 rings (SSSR count). The van der Waals surface area contributed by atoms with E-state index in [1.54, 1.807) is 0 Å². The Bertz CT molecular complexity index is 154. The minimum atomic E-state index is 0.369. The molecular formula is C15H32O. The van der Waals surface area contributed by atoms with Gasteiger partial charge in [-0.3, -0.25) is 0 Å². The first-order chi connectivity index (χ1) is 7.51. The van der Waals surface area contributed by atoms with Crippen LogP contribution in [0.5, 0.6) is 0 Å². The fraction of sp³-hybridized carbons (Fsp3) is 1.00. The van der Waals surface area contributed by atoms with E-state index in [1.807, 2.05) is 0 Å². The molecule has 1 nitrogen and oxygen atoms in total. The molecule has 0 aromatic heterocycles. The Morgan fingerprint density at radius 3 is 2.06 bits per heavy atom. The first-order valence-corrected chi connectivity index (χ1v) is 7.12. The fourth-order valence-electron chi connectivity index (χ4n) is 2.42. The molecule has 0 aliphatic carbocycles. The van der Waals surface area contributed by atoms with Gasteiger partial charge in [-0.25, -0.2) is 0 Å². The van der Waals surface area contributed by atoms with Crippen LogP contribution in [0.1, 0.15) is 66.7 Å². The van der Waals surface area contributed by atoms with E-state index in [2.05, 4.69) is 34.6 Å². The SMILES string of the molecule is CCC(C)CCCC(CO)C(C)CC(C)C. The highest BCUT2D eigenvalue weighted by Gasteiger charge is 2.17. The Morgan fingerprint density at radius 1 is 1.00 bits per heavy atom. The van der Waals surface area contributed by atoms with Crippen LogP contribution in [0.2, 0.25) is 0 Å². The van der Waals surface area contributed by atoms with Crippen LogP contribution >= 0.6 is 0 Å². The van der Waals surface area contributed by atoms with Gasteiger partial charge < -0.3 is 5.11 Å². The zero-order chi connectivity index (χ0) is 12.6. The van der Waals surface area contributed by atoms with Crippen LogP contribution in [0.4, 0.5) is 0 Å². The Hall–Kier alpha value is -0.0400. The predicted molar refractivity (Wildman–Crippen MR) is 72.5 cm³/mol. The molecule has 3 atom stereocenters. The Balaban J connectivity index is 3.81. The highest BCUT2D eigenvalue weighted by atomic mass is 16.3. The van der Waals surface area contributed by atoms with Gasteiger partial charge in [0.1, 0.15) is 0 Å². The molecule has 1 heteroatoms. The van der Waals surface area contributed by atoms with E-state index in [9.17, 15) is 5.11 Å². The summed E-state index contributed by atoms with van der Waals surface area (Å²) in [5.41, 5.74) is 0. The third-order valence-electron chi connectivity index (χ3n) is 3.85. The lowest BCUT2D eigenvalue weighted by molar-refractivity contribution is 0.156. The molecule has 16 heavy (non-hydrogen) atoms. The fourth-order valence-corrected chi connectivity index (χ4v) is 2.42. The number of hydrogen-bond donors (Lipinski definition) is 1. The summed E-state index contributed by atoms with van der Waals surface area (Å²) in [5, 5.41) is 9.43. The van der Waals surface area contributed by atoms with Crippen molar-refractivity contribution in [1.29, 1.82) is 0 Å². The third-order valence-corrected chi connectivity index (χ3v) is 3.85. The van der Waals surface area contributed by atoms with Crippen molar-refractivity contribution in [2.24, 2.45) is 23.7 Å². The van der Waals surface area contributed by atoms with Crippen LogP contribution < -0.4 is 0 Å². The van der Waals surface area contributed by atoms with Crippen molar-refractivity contribution in [2.75, 3.05) is 6.61 Å². The van der Waals surface area contributed by atoms with Gasteiger partial charge in [-0.15, -0.1) is 0 Å². The van der Waals surface area contributed by atoms with Gasteiger partial charge in [-0.2, -0.15) is 0 Å². The van der Waals surface area contributed by atoms with Gasteiger partial charge in [0.25, 0.3) is 0 Å². The minimum Gasteiger partial charge on any atom is -0.396 e. The Labute approximate surface area is 103 Å². The van der Waals surface area contributed by atoms with E-state index >= 15 is 0 Å². The molecule has 0 amide bonds. The molecule has 0 aliphatic heterocycles. The molecule has 0 aromatic rings. The van der Waals surface area contributed by atoms with Gasteiger partial charge in [0, 0.05) is 6.61 Å². The predicted octanol–water partition coefficient (Wildman–Crippen LogP) is 4.49. The molecule has 0 fully saturated rings. The van der Waals surface area contributed by atoms with Gasteiger partial charge >= 0.3 is 0 Å². The Kier molecular flexibility index (Phi) is 9.02. The summed E-state index contributed by atoms with van der Waals surface area (Å²) < 4.78 is 0. The molecule has 0 bridgehead atoms. The molecule has 0 radical (unpaired) electrons. The van der Waals surface area contributed by atoms with E-state index in [0.717, 1.165) is 11.8 Å². The number of rotatable bonds is 9. The average Bonchev–Trinajstić information content (AvgIpc) is 2.22. The smallest absolute Gasteiger partial charge is 0.0461 e. The molecule has 0 aromatic carbocycles. The van der Waals surface area contributed by atoms with E-state index < -0.39 is 0 Å². The maximum absolute atomic E-state index is 9.43. The molecule has 0 spiro atoms. The second-order valence-corrected chi connectivity index (χ2v) is 5.99. The summed E-state index contributed by atoms with van der Waals surface area (Å²) in [5.74, 6) is 2.78. The van der Waals surface area contributed by atoms with Crippen LogP contribution in [-0.4, -0.2) is 11.7 Å². The van der Waals surface area contributed by atoms with Crippen molar-refractivity contribution in [3.63, 3.8) is 0 Å². The van der Waals surface area contributed by atoms with Gasteiger partial charge in [-0.1, -0.05) is 53.9 Å². The Morgan fingerprint density at radius 2 is 1.62 bits per heavy atom. The van der Waals surface area contributed by atoms with E-state index in [-0.39, 0.29) is 0 Å². The van der Waals surface area contributed by atoms with Crippen molar-refractivity contribution in [3.8, 4) is 0 Å². The molecule has 1 N–H and O–H groups in total. The first-order valence-electron chi connectivity index (χ1n) is 7.12. The van der Waals surface area contributed by atoms with Crippen molar-refractivity contribution >= 4 is 0 Å². The number of aliphatic hydroxyl groups is 1. The minimum absolute atomic E-state index is 0.369. The van der Waals surface area contributed by atoms with Crippen LogP contribution in [0.25, 0.3) is 0 Å². The second-order valence-electron chi connectivity index (χ2n) is 5.99. The third kappa shape index (κ3) is 7.27. The van der Waals surface area contributed by atoms with E-state index in [1.165, 1.54) is 32.1 Å². The van der Waals surface area contributed by atoms with Crippen LogP contribution in [0.15, 0.2) is 0 Å². The van der Waals surface area contributed by atoms with Crippen LogP contribution in [-0.2, 0) is 0 Å². The molecule has 3 unspecified atom stereocenters. The van der Waals surface area contributed by atoms with Crippen molar-refractivity contribution in [2.45, 2.75) is 66.7 Å². The summed E-state index contributed by atoms with van der Waals surface area (Å²) in [7, 11) is 0. The monoisotopic (exact) mass is 228 g/mol. The lowest BCUT2D eigenvalue weighted by Gasteiger charge is -2.24. The largest absolute Gasteiger partial charge is 0.396 e. The maximum atomic E-state index is 9.43. The second kappa shape index (κ2) is 9.04. The highest BCUT2D eigenvalue weighted by Crippen LogP contribution is 2.25. The summed E-state index contributed by atoms with van der Waals surface area (Å²) in [4.78, 5) is 0. The zero-order valence-electron chi connectivity index (χ0n) is 12.0. The quantitative estimate of drug-likeness (QED) is 0.616. The normalized spacial score (nSPS) is 17.4. The highest BCUT2D eigenvalue weighted by molar-refractivity contribution is 4.68. The number of hydrogen-bond acceptors (Lipinski definition) is 1.